The van der Waals surface area contributed by atoms with Crippen molar-refractivity contribution in [2.24, 2.45) is 11.8 Å². The zero-order valence-electron chi connectivity index (χ0n) is 10.6. The maximum absolute atomic E-state index is 9.56. The number of hydrogen-bond donors (Lipinski definition) is 2. The van der Waals surface area contributed by atoms with E-state index in [-0.39, 0.29) is 5.54 Å². The van der Waals surface area contributed by atoms with Crippen LogP contribution in [0.1, 0.15) is 52.9 Å². The van der Waals surface area contributed by atoms with Gasteiger partial charge in [-0.15, -0.1) is 0 Å². The zero-order valence-corrected chi connectivity index (χ0v) is 10.6. The predicted octanol–water partition coefficient (Wildman–Crippen LogP) is 2.56. The van der Waals surface area contributed by atoms with Crippen LogP contribution in [0.4, 0.5) is 0 Å². The number of likely N-dealkylation sites (N-methyl/N-ethyl adjacent to an activating group) is 1. The third kappa shape index (κ3) is 3.46. The lowest BCUT2D eigenvalue weighted by Crippen LogP contribution is -2.48. The molecule has 0 radical (unpaired) electrons. The summed E-state index contributed by atoms with van der Waals surface area (Å²) >= 11 is 0. The summed E-state index contributed by atoms with van der Waals surface area (Å²) in [6, 6.07) is 0. The van der Waals surface area contributed by atoms with Crippen molar-refractivity contribution in [2.45, 2.75) is 58.4 Å². The average molecular weight is 213 g/mol. The smallest absolute Gasteiger partial charge is 0.0613 e. The molecule has 0 spiro atoms. The normalized spacial score (nSPS) is 33.0. The van der Waals surface area contributed by atoms with Gasteiger partial charge in [0.25, 0.3) is 0 Å². The standard InChI is InChI=1S/C13H27NO/c1-4-14-13(10-15)8-5-6-12(7-9-13)11(2)3/h11-12,14-15H,4-10H2,1-3H3. The van der Waals surface area contributed by atoms with Gasteiger partial charge in [-0.1, -0.05) is 33.6 Å². The first kappa shape index (κ1) is 13.0. The molecular weight excluding hydrogens is 186 g/mol. The van der Waals surface area contributed by atoms with E-state index in [9.17, 15) is 5.11 Å². The van der Waals surface area contributed by atoms with Crippen LogP contribution < -0.4 is 5.32 Å². The van der Waals surface area contributed by atoms with E-state index >= 15 is 0 Å². The van der Waals surface area contributed by atoms with E-state index in [0.29, 0.717) is 6.61 Å². The third-order valence-corrected chi connectivity index (χ3v) is 4.02. The van der Waals surface area contributed by atoms with Crippen LogP contribution in [0.25, 0.3) is 0 Å². The van der Waals surface area contributed by atoms with E-state index in [2.05, 4.69) is 26.1 Å². The van der Waals surface area contributed by atoms with Gasteiger partial charge in [0, 0.05) is 5.54 Å². The molecule has 0 heterocycles. The fraction of sp³-hybridized carbons (Fsp3) is 1.00. The van der Waals surface area contributed by atoms with Crippen molar-refractivity contribution >= 4 is 0 Å². The van der Waals surface area contributed by atoms with Gasteiger partial charge < -0.3 is 10.4 Å². The largest absolute Gasteiger partial charge is 0.394 e. The Balaban J connectivity index is 2.56. The fourth-order valence-electron chi connectivity index (χ4n) is 2.87. The minimum atomic E-state index is 0.0262. The topological polar surface area (TPSA) is 32.3 Å². The summed E-state index contributed by atoms with van der Waals surface area (Å²) in [5, 5.41) is 13.1. The Kier molecular flexibility index (Phi) is 5.07. The first-order valence-corrected chi connectivity index (χ1v) is 6.49. The van der Waals surface area contributed by atoms with E-state index in [0.717, 1.165) is 31.2 Å². The molecule has 2 atom stereocenters. The van der Waals surface area contributed by atoms with Crippen LogP contribution in [0.15, 0.2) is 0 Å². The molecule has 0 aromatic carbocycles. The highest BCUT2D eigenvalue weighted by atomic mass is 16.3. The van der Waals surface area contributed by atoms with Crippen LogP contribution in [0.2, 0.25) is 0 Å². The Hall–Kier alpha value is -0.0800. The van der Waals surface area contributed by atoms with Crippen LogP contribution >= 0.6 is 0 Å². The summed E-state index contributed by atoms with van der Waals surface area (Å²) < 4.78 is 0. The maximum Gasteiger partial charge on any atom is 0.0613 e. The Labute approximate surface area is 94.5 Å². The van der Waals surface area contributed by atoms with Crippen LogP contribution in [0, 0.1) is 11.8 Å². The molecule has 0 amide bonds. The Morgan fingerprint density at radius 3 is 2.60 bits per heavy atom. The molecule has 0 aliphatic heterocycles. The van der Waals surface area contributed by atoms with Gasteiger partial charge in [-0.3, -0.25) is 0 Å². The molecule has 1 aliphatic rings. The number of aliphatic hydroxyl groups is 1. The Morgan fingerprint density at radius 1 is 1.33 bits per heavy atom. The molecule has 1 saturated carbocycles. The van der Waals surface area contributed by atoms with Gasteiger partial charge in [0.2, 0.25) is 0 Å². The summed E-state index contributed by atoms with van der Waals surface area (Å²) in [4.78, 5) is 0. The zero-order chi connectivity index (χ0) is 11.3. The Morgan fingerprint density at radius 2 is 2.07 bits per heavy atom. The van der Waals surface area contributed by atoms with E-state index in [1.54, 1.807) is 0 Å². The molecule has 2 unspecified atom stereocenters. The van der Waals surface area contributed by atoms with Crippen molar-refractivity contribution in [1.82, 2.24) is 5.32 Å². The van der Waals surface area contributed by atoms with Gasteiger partial charge in [0.15, 0.2) is 0 Å². The summed E-state index contributed by atoms with van der Waals surface area (Å²) in [5.41, 5.74) is 0.0262. The first-order valence-electron chi connectivity index (χ1n) is 6.49. The average Bonchev–Trinajstić information content (AvgIpc) is 2.42. The summed E-state index contributed by atoms with van der Waals surface area (Å²) in [6.07, 6.45) is 6.15. The van der Waals surface area contributed by atoms with E-state index < -0.39 is 0 Å². The lowest BCUT2D eigenvalue weighted by atomic mass is 9.87. The number of hydrogen-bond acceptors (Lipinski definition) is 2. The van der Waals surface area contributed by atoms with Crippen molar-refractivity contribution in [1.29, 1.82) is 0 Å². The van der Waals surface area contributed by atoms with E-state index in [4.69, 9.17) is 0 Å². The van der Waals surface area contributed by atoms with Crippen LogP contribution in [0.3, 0.4) is 0 Å². The van der Waals surface area contributed by atoms with Crippen molar-refractivity contribution in [3.8, 4) is 0 Å². The molecule has 2 nitrogen and oxygen atoms in total. The fourth-order valence-corrected chi connectivity index (χ4v) is 2.87. The van der Waals surface area contributed by atoms with Gasteiger partial charge in [0.1, 0.15) is 0 Å². The summed E-state index contributed by atoms with van der Waals surface area (Å²) in [5.74, 6) is 1.65. The molecule has 90 valence electrons. The Bertz CT molecular complexity index is 181. The summed E-state index contributed by atoms with van der Waals surface area (Å²) in [6.45, 7) is 8.04. The highest BCUT2D eigenvalue weighted by Gasteiger charge is 2.32. The van der Waals surface area contributed by atoms with Crippen molar-refractivity contribution in [3.05, 3.63) is 0 Å². The van der Waals surface area contributed by atoms with E-state index in [1.165, 1.54) is 19.3 Å². The minimum absolute atomic E-state index is 0.0262. The molecule has 1 rings (SSSR count). The van der Waals surface area contributed by atoms with Gasteiger partial charge in [-0.2, -0.15) is 0 Å². The highest BCUT2D eigenvalue weighted by molar-refractivity contribution is 4.90. The van der Waals surface area contributed by atoms with Crippen molar-refractivity contribution in [3.63, 3.8) is 0 Å². The molecule has 2 heteroatoms. The third-order valence-electron chi connectivity index (χ3n) is 4.02. The number of aliphatic hydroxyl groups excluding tert-OH is 1. The quantitative estimate of drug-likeness (QED) is 0.703. The molecule has 2 N–H and O–H groups in total. The van der Waals surface area contributed by atoms with Crippen LogP contribution in [-0.4, -0.2) is 23.8 Å². The monoisotopic (exact) mass is 213 g/mol. The number of nitrogens with one attached hydrogen (secondary N) is 1. The van der Waals surface area contributed by atoms with Gasteiger partial charge in [-0.25, -0.2) is 0 Å². The van der Waals surface area contributed by atoms with Crippen LogP contribution in [0.5, 0.6) is 0 Å². The lowest BCUT2D eigenvalue weighted by molar-refractivity contribution is 0.143. The molecule has 0 saturated heterocycles. The van der Waals surface area contributed by atoms with Gasteiger partial charge in [0.05, 0.1) is 6.61 Å². The lowest BCUT2D eigenvalue weighted by Gasteiger charge is -2.32. The SMILES string of the molecule is CCNC1(CO)CCCC(C(C)C)CC1. The second-order valence-electron chi connectivity index (χ2n) is 5.40. The van der Waals surface area contributed by atoms with Crippen molar-refractivity contribution < 1.29 is 5.11 Å². The number of rotatable bonds is 4. The first-order chi connectivity index (χ1) is 7.13. The van der Waals surface area contributed by atoms with Crippen molar-refractivity contribution in [2.75, 3.05) is 13.2 Å². The molecule has 1 aliphatic carbocycles. The van der Waals surface area contributed by atoms with Gasteiger partial charge in [-0.05, 0) is 37.6 Å². The van der Waals surface area contributed by atoms with Gasteiger partial charge >= 0.3 is 0 Å². The second kappa shape index (κ2) is 5.86. The molecule has 15 heavy (non-hydrogen) atoms. The minimum Gasteiger partial charge on any atom is -0.394 e. The molecule has 0 bridgehead atoms. The summed E-state index contributed by atoms with van der Waals surface area (Å²) in [7, 11) is 0. The molecule has 1 fully saturated rings. The second-order valence-corrected chi connectivity index (χ2v) is 5.40. The van der Waals surface area contributed by atoms with Crippen LogP contribution in [-0.2, 0) is 0 Å². The van der Waals surface area contributed by atoms with E-state index in [1.807, 2.05) is 0 Å². The molecule has 0 aromatic rings. The molecular formula is C13H27NO. The predicted molar refractivity (Wildman–Crippen MR) is 64.9 cm³/mol. The highest BCUT2D eigenvalue weighted by Crippen LogP contribution is 2.33. The maximum atomic E-state index is 9.56. The molecule has 0 aromatic heterocycles.